The molecule has 0 spiro atoms. The first-order valence-corrected chi connectivity index (χ1v) is 12.5. The number of phenolic OH excluding ortho intramolecular Hbond substituents is 1. The molecular weight excluding hydrogens is 456 g/mol. The Bertz CT molecular complexity index is 1480. The Morgan fingerprint density at radius 3 is 1.69 bits per heavy atom. The maximum absolute atomic E-state index is 12.1. The van der Waals surface area contributed by atoms with Gasteiger partial charge in [-0.1, -0.05) is 0 Å². The van der Waals surface area contributed by atoms with Crippen molar-refractivity contribution in [2.24, 2.45) is 0 Å². The van der Waals surface area contributed by atoms with E-state index in [0.29, 0.717) is 33.7 Å². The molecule has 7 heteroatoms. The molecule has 2 heterocycles. The second kappa shape index (κ2) is 11.3. The summed E-state index contributed by atoms with van der Waals surface area (Å²) in [6, 6.07) is 10.00. The third-order valence-electron chi connectivity index (χ3n) is 6.48. The highest BCUT2D eigenvalue weighted by molar-refractivity contribution is 5.82. The molecule has 192 valence electrons. The summed E-state index contributed by atoms with van der Waals surface area (Å²) in [7, 11) is 0. The molecule has 0 saturated carbocycles. The van der Waals surface area contributed by atoms with E-state index in [4.69, 9.17) is 8.83 Å². The monoisotopic (exact) mass is 492 g/mol. The predicted octanol–water partition coefficient (Wildman–Crippen LogP) is 5.91. The molecule has 0 saturated heterocycles. The minimum atomic E-state index is -0.0735. The molecule has 0 amide bonds. The van der Waals surface area contributed by atoms with Crippen LogP contribution in [0.25, 0.3) is 21.9 Å². The van der Waals surface area contributed by atoms with Crippen molar-refractivity contribution >= 4 is 33.7 Å². The number of benzene rings is 2. The van der Waals surface area contributed by atoms with E-state index in [1.54, 1.807) is 19.1 Å². The lowest BCUT2D eigenvalue weighted by Gasteiger charge is -2.19. The van der Waals surface area contributed by atoms with Crippen LogP contribution in [0, 0.1) is 20.8 Å². The van der Waals surface area contributed by atoms with Crippen LogP contribution in [0.1, 0.15) is 44.4 Å². The molecule has 0 aliphatic rings. The van der Waals surface area contributed by atoms with Crippen molar-refractivity contribution in [2.75, 3.05) is 36.0 Å². The highest BCUT2D eigenvalue weighted by Crippen LogP contribution is 2.25. The number of rotatable bonds is 6. The zero-order chi connectivity index (χ0) is 26.6. The zero-order valence-electron chi connectivity index (χ0n) is 22.3. The predicted molar refractivity (Wildman–Crippen MR) is 148 cm³/mol. The van der Waals surface area contributed by atoms with Gasteiger partial charge in [-0.05, 0) is 83.4 Å². The number of anilines is 2. The van der Waals surface area contributed by atoms with Crippen molar-refractivity contribution < 1.29 is 13.9 Å². The van der Waals surface area contributed by atoms with Crippen molar-refractivity contribution in [1.29, 1.82) is 0 Å². The van der Waals surface area contributed by atoms with Crippen molar-refractivity contribution in [2.45, 2.75) is 48.5 Å². The van der Waals surface area contributed by atoms with Crippen molar-refractivity contribution in [3.8, 4) is 5.75 Å². The van der Waals surface area contributed by atoms with Crippen LogP contribution in [-0.2, 0) is 0 Å². The Kier molecular flexibility index (Phi) is 8.45. The fraction of sp³-hybridized carbons (Fsp3) is 0.379. The van der Waals surface area contributed by atoms with Gasteiger partial charge in [-0.2, -0.15) is 0 Å². The fourth-order valence-corrected chi connectivity index (χ4v) is 4.24. The number of nitrogens with zero attached hydrogens (tertiary/aromatic N) is 2. The standard InChI is InChI=1S/C15H19NO2.C14H17NO3/c1-5-16(6-2)15-9-13(17)12-7-10(3)11(4)8-14(12)18-15;1-4-15(5-2)13-8-11(17)14-9(3)6-10(16)7-12(14)18-13/h7-9H,5-6H2,1-4H3;6-8,16H,4-5H2,1-3H3. The molecule has 0 aliphatic heterocycles. The Morgan fingerprint density at radius 2 is 1.14 bits per heavy atom. The second-order valence-corrected chi connectivity index (χ2v) is 8.81. The first kappa shape index (κ1) is 26.9. The van der Waals surface area contributed by atoms with Crippen LogP contribution in [0.3, 0.4) is 0 Å². The average molecular weight is 493 g/mol. The van der Waals surface area contributed by atoms with E-state index >= 15 is 0 Å². The molecule has 2 aromatic carbocycles. The summed E-state index contributed by atoms with van der Waals surface area (Å²) >= 11 is 0. The van der Waals surface area contributed by atoms with E-state index in [1.807, 2.05) is 63.5 Å². The smallest absolute Gasteiger partial charge is 0.199 e. The van der Waals surface area contributed by atoms with Gasteiger partial charge < -0.3 is 23.7 Å². The third kappa shape index (κ3) is 5.56. The number of phenols is 1. The second-order valence-electron chi connectivity index (χ2n) is 8.81. The fourth-order valence-electron chi connectivity index (χ4n) is 4.24. The molecule has 0 unspecified atom stereocenters. The van der Waals surface area contributed by atoms with E-state index < -0.39 is 0 Å². The minimum absolute atomic E-state index is 0.0289. The van der Waals surface area contributed by atoms with Crippen molar-refractivity contribution in [1.82, 2.24) is 0 Å². The highest BCUT2D eigenvalue weighted by atomic mass is 16.4. The van der Waals surface area contributed by atoms with Crippen LogP contribution < -0.4 is 20.7 Å². The van der Waals surface area contributed by atoms with E-state index in [0.717, 1.165) is 42.9 Å². The van der Waals surface area contributed by atoms with Gasteiger partial charge in [0.15, 0.2) is 22.6 Å². The largest absolute Gasteiger partial charge is 0.508 e. The summed E-state index contributed by atoms with van der Waals surface area (Å²) in [6.07, 6.45) is 0. The van der Waals surface area contributed by atoms with Crippen molar-refractivity contribution in [3.63, 3.8) is 0 Å². The molecule has 36 heavy (non-hydrogen) atoms. The maximum Gasteiger partial charge on any atom is 0.199 e. The normalized spacial score (nSPS) is 10.9. The van der Waals surface area contributed by atoms with Crippen LogP contribution in [0.15, 0.2) is 54.8 Å². The lowest BCUT2D eigenvalue weighted by molar-refractivity contribution is 0.473. The molecule has 7 nitrogen and oxygen atoms in total. The van der Waals surface area contributed by atoms with Gasteiger partial charge in [0.25, 0.3) is 0 Å². The molecule has 0 bridgehead atoms. The first-order valence-electron chi connectivity index (χ1n) is 12.5. The molecule has 2 aromatic heterocycles. The molecule has 4 aromatic rings. The topological polar surface area (TPSA) is 87.1 Å². The Labute approximate surface area is 211 Å². The van der Waals surface area contributed by atoms with Gasteiger partial charge in [0.05, 0.1) is 10.8 Å². The Hall–Kier alpha value is -3.74. The van der Waals surface area contributed by atoms with Crippen LogP contribution >= 0.6 is 0 Å². The summed E-state index contributed by atoms with van der Waals surface area (Å²) in [5, 5.41) is 10.8. The molecule has 4 rings (SSSR count). The molecule has 0 atom stereocenters. The molecular formula is C29H36N2O5. The third-order valence-corrected chi connectivity index (χ3v) is 6.48. The summed E-state index contributed by atoms with van der Waals surface area (Å²) in [4.78, 5) is 28.2. The van der Waals surface area contributed by atoms with Crippen molar-refractivity contribution in [3.05, 3.63) is 73.5 Å². The van der Waals surface area contributed by atoms with E-state index in [9.17, 15) is 14.7 Å². The van der Waals surface area contributed by atoms with Crippen LogP contribution in [0.4, 0.5) is 11.8 Å². The summed E-state index contributed by atoms with van der Waals surface area (Å²) < 4.78 is 11.6. The van der Waals surface area contributed by atoms with Crippen LogP contribution in [0.2, 0.25) is 0 Å². The SMILES string of the molecule is CCN(CC)c1cc(=O)c2c(C)cc(O)cc2o1.CCN(CC)c1cc(=O)c2cc(C)c(C)cc2o1. The number of fused-ring (bicyclic) bond motifs is 2. The maximum atomic E-state index is 12.1. The van der Waals surface area contributed by atoms with Gasteiger partial charge in [-0.3, -0.25) is 9.59 Å². The number of hydrogen-bond acceptors (Lipinski definition) is 7. The van der Waals surface area contributed by atoms with Gasteiger partial charge in [0.1, 0.15) is 16.9 Å². The number of aryl methyl sites for hydroxylation is 3. The summed E-state index contributed by atoms with van der Waals surface area (Å²) in [5.41, 5.74) is 4.05. The van der Waals surface area contributed by atoms with Gasteiger partial charge in [-0.25, -0.2) is 0 Å². The molecule has 0 fully saturated rings. The van der Waals surface area contributed by atoms with Crippen LogP contribution in [0.5, 0.6) is 5.75 Å². The van der Waals surface area contributed by atoms with E-state index in [1.165, 1.54) is 12.1 Å². The minimum Gasteiger partial charge on any atom is -0.508 e. The molecule has 0 aliphatic carbocycles. The highest BCUT2D eigenvalue weighted by Gasteiger charge is 2.12. The first-order chi connectivity index (χ1) is 17.1. The van der Waals surface area contributed by atoms with Gasteiger partial charge in [-0.15, -0.1) is 0 Å². The zero-order valence-corrected chi connectivity index (χ0v) is 22.3. The number of aromatic hydroxyl groups is 1. The van der Waals surface area contributed by atoms with E-state index in [-0.39, 0.29) is 16.6 Å². The van der Waals surface area contributed by atoms with Gasteiger partial charge >= 0.3 is 0 Å². The summed E-state index contributed by atoms with van der Waals surface area (Å²) in [5.74, 6) is 1.31. The summed E-state index contributed by atoms with van der Waals surface area (Å²) in [6.45, 7) is 17.1. The lowest BCUT2D eigenvalue weighted by atomic mass is 10.1. The average Bonchev–Trinajstić information content (AvgIpc) is 2.82. The quantitative estimate of drug-likeness (QED) is 0.358. The van der Waals surface area contributed by atoms with Gasteiger partial charge in [0.2, 0.25) is 0 Å². The van der Waals surface area contributed by atoms with E-state index in [2.05, 4.69) is 0 Å². The Balaban J connectivity index is 0.000000201. The van der Waals surface area contributed by atoms with Crippen LogP contribution in [-0.4, -0.2) is 31.3 Å². The molecule has 0 radical (unpaired) electrons. The van der Waals surface area contributed by atoms with Gasteiger partial charge in [0, 0.05) is 44.4 Å². The Morgan fingerprint density at radius 1 is 0.639 bits per heavy atom. The lowest BCUT2D eigenvalue weighted by Crippen LogP contribution is -2.23. The number of hydrogen-bond donors (Lipinski definition) is 1. The molecule has 1 N–H and O–H groups in total.